The van der Waals surface area contributed by atoms with Gasteiger partial charge in [-0.25, -0.2) is 0 Å². The molecule has 1 amide bonds. The largest absolute Gasteiger partial charge is 0.324 e. The second-order valence-electron chi connectivity index (χ2n) is 6.60. The third kappa shape index (κ3) is 5.78. The summed E-state index contributed by atoms with van der Waals surface area (Å²) in [5, 5.41) is 11.9. The molecule has 1 saturated heterocycles. The summed E-state index contributed by atoms with van der Waals surface area (Å²) < 4.78 is 0. The van der Waals surface area contributed by atoms with Gasteiger partial charge in [-0.1, -0.05) is 54.6 Å². The van der Waals surface area contributed by atoms with Crippen molar-refractivity contribution in [1.82, 2.24) is 9.80 Å². The molecule has 0 unspecified atom stereocenters. The number of nitrogens with one attached hydrogen (secondary N) is 1. The summed E-state index contributed by atoms with van der Waals surface area (Å²) in [4.78, 5) is 16.8. The zero-order chi connectivity index (χ0) is 18.9. The summed E-state index contributed by atoms with van der Waals surface area (Å²) in [7, 11) is 0. The van der Waals surface area contributed by atoms with Crippen molar-refractivity contribution < 1.29 is 4.79 Å². The third-order valence-corrected chi connectivity index (χ3v) is 4.63. The van der Waals surface area contributed by atoms with Crippen LogP contribution in [0.3, 0.4) is 0 Å². The normalized spacial score (nSPS) is 15.5. The summed E-state index contributed by atoms with van der Waals surface area (Å²) in [6.07, 6.45) is 4.34. The predicted molar refractivity (Wildman–Crippen MR) is 108 cm³/mol. The first-order chi connectivity index (χ1) is 13.2. The number of piperazine rings is 1. The summed E-state index contributed by atoms with van der Waals surface area (Å²) in [5.74, 6) is -0.0740. The Labute approximate surface area is 160 Å². The summed E-state index contributed by atoms with van der Waals surface area (Å²) in [6.45, 7) is 4.90. The maximum Gasteiger partial charge on any atom is 0.238 e. The number of hydrogen-bond donors (Lipinski definition) is 1. The number of nitrogens with zero attached hydrogens (tertiary/aromatic N) is 3. The van der Waals surface area contributed by atoms with Crippen molar-refractivity contribution >= 4 is 17.7 Å². The van der Waals surface area contributed by atoms with Gasteiger partial charge in [-0.3, -0.25) is 14.6 Å². The molecule has 1 aliphatic rings. The minimum Gasteiger partial charge on any atom is -0.324 e. The van der Waals surface area contributed by atoms with Gasteiger partial charge in [0.15, 0.2) is 0 Å². The second kappa shape index (κ2) is 9.67. The molecular formula is C22H24N4O. The number of amides is 1. The zero-order valence-electron chi connectivity index (χ0n) is 15.3. The van der Waals surface area contributed by atoms with Crippen LogP contribution in [0.25, 0.3) is 6.08 Å². The number of carbonyl (C=O) groups is 1. The Morgan fingerprint density at radius 3 is 2.41 bits per heavy atom. The summed E-state index contributed by atoms with van der Waals surface area (Å²) >= 11 is 0. The first-order valence-corrected chi connectivity index (χ1v) is 9.20. The lowest BCUT2D eigenvalue weighted by Gasteiger charge is -2.33. The molecule has 3 rings (SSSR count). The molecular weight excluding hydrogens is 336 g/mol. The molecule has 138 valence electrons. The van der Waals surface area contributed by atoms with Crippen LogP contribution in [0.4, 0.5) is 5.69 Å². The van der Waals surface area contributed by atoms with Crippen molar-refractivity contribution in [2.45, 2.75) is 0 Å². The fourth-order valence-corrected chi connectivity index (χ4v) is 3.11. The van der Waals surface area contributed by atoms with Crippen molar-refractivity contribution in [3.05, 3.63) is 71.8 Å². The van der Waals surface area contributed by atoms with E-state index < -0.39 is 0 Å². The first kappa shape index (κ1) is 18.8. The zero-order valence-corrected chi connectivity index (χ0v) is 15.3. The second-order valence-corrected chi connectivity index (χ2v) is 6.60. The number of rotatable bonds is 6. The van der Waals surface area contributed by atoms with E-state index >= 15 is 0 Å². The highest BCUT2D eigenvalue weighted by Crippen LogP contribution is 2.13. The molecule has 0 aliphatic carbocycles. The molecule has 0 bridgehead atoms. The van der Waals surface area contributed by atoms with E-state index in [1.54, 1.807) is 18.2 Å². The molecule has 27 heavy (non-hydrogen) atoms. The van der Waals surface area contributed by atoms with Gasteiger partial charge in [-0.15, -0.1) is 0 Å². The van der Waals surface area contributed by atoms with Gasteiger partial charge in [0.1, 0.15) is 6.07 Å². The average molecular weight is 360 g/mol. The molecule has 5 nitrogen and oxygen atoms in total. The molecule has 1 aliphatic heterocycles. The predicted octanol–water partition coefficient (Wildman–Crippen LogP) is 2.83. The van der Waals surface area contributed by atoms with Gasteiger partial charge in [0.05, 0.1) is 17.8 Å². The third-order valence-electron chi connectivity index (χ3n) is 4.63. The van der Waals surface area contributed by atoms with Crippen LogP contribution >= 0.6 is 0 Å². The molecule has 0 saturated carbocycles. The minimum atomic E-state index is -0.0740. The van der Waals surface area contributed by atoms with E-state index in [4.69, 9.17) is 5.26 Å². The number of nitriles is 1. The van der Waals surface area contributed by atoms with Crippen molar-refractivity contribution in [3.63, 3.8) is 0 Å². The lowest BCUT2D eigenvalue weighted by molar-refractivity contribution is -0.117. The number of benzene rings is 2. The quantitative estimate of drug-likeness (QED) is 0.861. The molecule has 2 aromatic rings. The Morgan fingerprint density at radius 1 is 1.00 bits per heavy atom. The highest BCUT2D eigenvalue weighted by molar-refractivity contribution is 5.93. The molecule has 0 atom stereocenters. The maximum atomic E-state index is 12.3. The topological polar surface area (TPSA) is 59.4 Å². The Kier molecular flexibility index (Phi) is 6.75. The van der Waals surface area contributed by atoms with E-state index in [1.807, 2.05) is 24.3 Å². The molecule has 0 radical (unpaired) electrons. The van der Waals surface area contributed by atoms with E-state index in [1.165, 1.54) is 5.56 Å². The van der Waals surface area contributed by atoms with Gasteiger partial charge < -0.3 is 5.32 Å². The van der Waals surface area contributed by atoms with Crippen molar-refractivity contribution in [2.24, 2.45) is 0 Å². The van der Waals surface area contributed by atoms with Crippen LogP contribution in [0.5, 0.6) is 0 Å². The van der Waals surface area contributed by atoms with Gasteiger partial charge in [-0.05, 0) is 17.7 Å². The van der Waals surface area contributed by atoms with Gasteiger partial charge >= 0.3 is 0 Å². The molecule has 2 aromatic carbocycles. The fraction of sp³-hybridized carbons (Fsp3) is 0.273. The number of carbonyl (C=O) groups excluding carboxylic acids is 1. The Morgan fingerprint density at radius 2 is 1.67 bits per heavy atom. The molecule has 5 heteroatoms. The molecule has 0 aromatic heterocycles. The fourth-order valence-electron chi connectivity index (χ4n) is 3.11. The van der Waals surface area contributed by atoms with Crippen LogP contribution in [0.15, 0.2) is 60.7 Å². The molecule has 0 spiro atoms. The molecule has 1 N–H and O–H groups in total. The van der Waals surface area contributed by atoms with Crippen molar-refractivity contribution in [3.8, 4) is 6.07 Å². The van der Waals surface area contributed by atoms with Gasteiger partial charge in [-0.2, -0.15) is 5.26 Å². The average Bonchev–Trinajstić information content (AvgIpc) is 2.70. The van der Waals surface area contributed by atoms with Crippen LogP contribution in [0.1, 0.15) is 11.1 Å². The van der Waals surface area contributed by atoms with Gasteiger partial charge in [0.2, 0.25) is 5.91 Å². The van der Waals surface area contributed by atoms with Crippen LogP contribution in [-0.4, -0.2) is 55.0 Å². The monoisotopic (exact) mass is 360 g/mol. The standard InChI is InChI=1S/C22H24N4O/c23-17-20-10-4-5-11-21(20)24-22(27)18-26-15-13-25(14-16-26)12-6-9-19-7-2-1-3-8-19/h1-11H,12-16,18H2,(H,24,27)/b9-6+. The molecule has 1 heterocycles. The summed E-state index contributed by atoms with van der Waals surface area (Å²) in [5.41, 5.74) is 2.28. The SMILES string of the molecule is N#Cc1ccccc1NC(=O)CN1CCN(C/C=C/c2ccccc2)CC1. The number of para-hydroxylation sites is 1. The molecule has 1 fully saturated rings. The smallest absolute Gasteiger partial charge is 0.238 e. The van der Waals surface area contributed by atoms with Crippen molar-refractivity contribution in [1.29, 1.82) is 5.26 Å². The summed E-state index contributed by atoms with van der Waals surface area (Å²) in [6, 6.07) is 19.5. The van der Waals surface area contributed by atoms with Crippen LogP contribution in [0, 0.1) is 11.3 Å². The number of hydrogen-bond acceptors (Lipinski definition) is 4. The Hall–Kier alpha value is -2.94. The lowest BCUT2D eigenvalue weighted by atomic mass is 10.2. The van der Waals surface area contributed by atoms with Gasteiger partial charge in [0.25, 0.3) is 0 Å². The maximum absolute atomic E-state index is 12.3. The van der Waals surface area contributed by atoms with Gasteiger partial charge in [0, 0.05) is 32.7 Å². The Bertz CT molecular complexity index is 818. The van der Waals surface area contributed by atoms with Crippen LogP contribution in [0.2, 0.25) is 0 Å². The van der Waals surface area contributed by atoms with E-state index in [0.717, 1.165) is 32.7 Å². The van der Waals surface area contributed by atoms with Crippen molar-refractivity contribution in [2.75, 3.05) is 44.6 Å². The first-order valence-electron chi connectivity index (χ1n) is 9.20. The van der Waals surface area contributed by atoms with Crippen LogP contribution < -0.4 is 5.32 Å². The highest BCUT2D eigenvalue weighted by atomic mass is 16.2. The lowest BCUT2D eigenvalue weighted by Crippen LogP contribution is -2.48. The Balaban J connectivity index is 1.41. The number of anilines is 1. The van der Waals surface area contributed by atoms with E-state index in [9.17, 15) is 4.79 Å². The van der Waals surface area contributed by atoms with Crippen LogP contribution in [-0.2, 0) is 4.79 Å². The van der Waals surface area contributed by atoms with E-state index in [2.05, 4.69) is 45.5 Å². The minimum absolute atomic E-state index is 0.0740. The highest BCUT2D eigenvalue weighted by Gasteiger charge is 2.18. The van der Waals surface area contributed by atoms with E-state index in [0.29, 0.717) is 17.8 Å². The van der Waals surface area contributed by atoms with E-state index in [-0.39, 0.29) is 5.91 Å².